The lowest BCUT2D eigenvalue weighted by Crippen LogP contribution is -2.47. The fourth-order valence-corrected chi connectivity index (χ4v) is 5.42. The van der Waals surface area contributed by atoms with Gasteiger partial charge in [-0.2, -0.15) is 0 Å². The van der Waals surface area contributed by atoms with E-state index >= 15 is 0 Å². The van der Waals surface area contributed by atoms with Gasteiger partial charge in [0.2, 0.25) is 0 Å². The second-order valence-corrected chi connectivity index (χ2v) is 8.14. The highest BCUT2D eigenvalue weighted by Gasteiger charge is 2.42. The molecule has 3 aliphatic rings. The van der Waals surface area contributed by atoms with Gasteiger partial charge in [-0.3, -0.25) is 0 Å². The number of rotatable bonds is 4. The Morgan fingerprint density at radius 3 is 2.43 bits per heavy atom. The first-order chi connectivity index (χ1) is 10.2. The summed E-state index contributed by atoms with van der Waals surface area (Å²) in [6, 6.07) is 0.439. The SMILES string of the molecule is CCCC1CCC(C(N)C2CCOC3(CCCC3)C2)CC1. The van der Waals surface area contributed by atoms with Gasteiger partial charge in [-0.1, -0.05) is 45.4 Å². The van der Waals surface area contributed by atoms with Gasteiger partial charge in [-0.15, -0.1) is 0 Å². The molecule has 2 unspecified atom stereocenters. The van der Waals surface area contributed by atoms with Crippen LogP contribution in [0.15, 0.2) is 0 Å². The highest BCUT2D eigenvalue weighted by atomic mass is 16.5. The molecule has 0 aromatic heterocycles. The van der Waals surface area contributed by atoms with Crippen molar-refractivity contribution >= 4 is 0 Å². The minimum Gasteiger partial charge on any atom is -0.375 e. The molecule has 0 aromatic carbocycles. The zero-order valence-corrected chi connectivity index (χ0v) is 14.0. The van der Waals surface area contributed by atoms with Crippen molar-refractivity contribution in [2.24, 2.45) is 23.5 Å². The number of nitrogens with two attached hydrogens (primary N) is 1. The van der Waals surface area contributed by atoms with Crippen molar-refractivity contribution in [2.75, 3.05) is 6.61 Å². The molecule has 0 radical (unpaired) electrons. The Bertz CT molecular complexity index is 316. The van der Waals surface area contributed by atoms with E-state index in [2.05, 4.69) is 6.92 Å². The molecule has 2 heteroatoms. The zero-order valence-electron chi connectivity index (χ0n) is 14.0. The summed E-state index contributed by atoms with van der Waals surface area (Å²) < 4.78 is 6.19. The van der Waals surface area contributed by atoms with Gasteiger partial charge in [0, 0.05) is 12.6 Å². The number of ether oxygens (including phenoxy) is 1. The molecule has 0 aromatic rings. The molecule has 0 amide bonds. The normalized spacial score (nSPS) is 37.7. The van der Waals surface area contributed by atoms with Crippen LogP contribution in [0.2, 0.25) is 0 Å². The molecular weight excluding hydrogens is 258 g/mol. The van der Waals surface area contributed by atoms with Gasteiger partial charge in [0.1, 0.15) is 0 Å². The minimum atomic E-state index is 0.236. The molecule has 2 atom stereocenters. The third kappa shape index (κ3) is 3.64. The molecule has 21 heavy (non-hydrogen) atoms. The molecular formula is C19H35NO. The second kappa shape index (κ2) is 7.00. The van der Waals surface area contributed by atoms with E-state index in [1.165, 1.54) is 77.0 Å². The van der Waals surface area contributed by atoms with Crippen LogP contribution in [-0.4, -0.2) is 18.2 Å². The molecule has 1 aliphatic heterocycles. The highest BCUT2D eigenvalue weighted by molar-refractivity contribution is 4.95. The van der Waals surface area contributed by atoms with Crippen molar-refractivity contribution in [3.8, 4) is 0 Å². The average Bonchev–Trinajstić information content (AvgIpc) is 2.95. The van der Waals surface area contributed by atoms with E-state index in [4.69, 9.17) is 10.5 Å². The standard InChI is InChI=1S/C19H35NO/c1-2-5-15-6-8-16(9-7-15)18(20)17-10-13-21-19(14-17)11-3-4-12-19/h15-18H,2-14,20H2,1H3. The zero-order chi connectivity index (χ0) is 14.7. The average molecular weight is 293 g/mol. The van der Waals surface area contributed by atoms with Gasteiger partial charge in [-0.25, -0.2) is 0 Å². The summed E-state index contributed by atoms with van der Waals surface area (Å²) in [7, 11) is 0. The molecule has 2 N–H and O–H groups in total. The van der Waals surface area contributed by atoms with Crippen LogP contribution in [0.5, 0.6) is 0 Å². The van der Waals surface area contributed by atoms with Gasteiger partial charge in [-0.05, 0) is 56.3 Å². The maximum absolute atomic E-state index is 6.74. The van der Waals surface area contributed by atoms with Gasteiger partial charge < -0.3 is 10.5 Å². The molecule has 3 fully saturated rings. The summed E-state index contributed by atoms with van der Waals surface area (Å²) in [6.07, 6.45) is 16.2. The van der Waals surface area contributed by atoms with E-state index in [1.807, 2.05) is 0 Å². The van der Waals surface area contributed by atoms with E-state index in [1.54, 1.807) is 0 Å². The lowest BCUT2D eigenvalue weighted by atomic mass is 9.71. The quantitative estimate of drug-likeness (QED) is 0.818. The summed E-state index contributed by atoms with van der Waals surface area (Å²) in [4.78, 5) is 0. The molecule has 2 aliphatic carbocycles. The van der Waals surface area contributed by atoms with E-state index < -0.39 is 0 Å². The maximum atomic E-state index is 6.74. The lowest BCUT2D eigenvalue weighted by molar-refractivity contribution is -0.0996. The third-order valence-electron chi connectivity index (χ3n) is 6.72. The van der Waals surface area contributed by atoms with Crippen molar-refractivity contribution < 1.29 is 4.74 Å². The molecule has 122 valence electrons. The molecule has 1 saturated heterocycles. The smallest absolute Gasteiger partial charge is 0.0685 e. The summed E-state index contributed by atoms with van der Waals surface area (Å²) in [5.74, 6) is 2.51. The Kier molecular flexibility index (Phi) is 5.27. The molecule has 3 rings (SSSR count). The van der Waals surface area contributed by atoms with Crippen LogP contribution in [0.3, 0.4) is 0 Å². The van der Waals surface area contributed by atoms with Crippen LogP contribution in [-0.2, 0) is 4.74 Å². The fourth-order valence-electron chi connectivity index (χ4n) is 5.42. The van der Waals surface area contributed by atoms with Crippen molar-refractivity contribution in [2.45, 2.75) is 95.6 Å². The lowest BCUT2D eigenvalue weighted by Gasteiger charge is -2.43. The Morgan fingerprint density at radius 1 is 1.05 bits per heavy atom. The van der Waals surface area contributed by atoms with Crippen LogP contribution >= 0.6 is 0 Å². The molecule has 0 bridgehead atoms. The number of hydrogen-bond acceptors (Lipinski definition) is 2. The van der Waals surface area contributed by atoms with Crippen LogP contribution in [0.25, 0.3) is 0 Å². The molecule has 2 saturated carbocycles. The largest absolute Gasteiger partial charge is 0.375 e. The fraction of sp³-hybridized carbons (Fsp3) is 1.00. The highest BCUT2D eigenvalue weighted by Crippen LogP contribution is 2.44. The first kappa shape index (κ1) is 15.8. The number of hydrogen-bond donors (Lipinski definition) is 1. The predicted molar refractivity (Wildman–Crippen MR) is 88.2 cm³/mol. The molecule has 1 heterocycles. The third-order valence-corrected chi connectivity index (χ3v) is 6.72. The minimum absolute atomic E-state index is 0.236. The first-order valence-corrected chi connectivity index (χ1v) is 9.62. The summed E-state index contributed by atoms with van der Waals surface area (Å²) in [6.45, 7) is 3.28. The van der Waals surface area contributed by atoms with Gasteiger partial charge in [0.25, 0.3) is 0 Å². The Labute approximate surface area is 131 Å². The first-order valence-electron chi connectivity index (χ1n) is 9.62. The maximum Gasteiger partial charge on any atom is 0.0685 e. The van der Waals surface area contributed by atoms with E-state index in [-0.39, 0.29) is 5.60 Å². The second-order valence-electron chi connectivity index (χ2n) is 8.14. The summed E-state index contributed by atoms with van der Waals surface area (Å²) >= 11 is 0. The molecule has 2 nitrogen and oxygen atoms in total. The van der Waals surface area contributed by atoms with Crippen LogP contribution < -0.4 is 5.73 Å². The Morgan fingerprint density at radius 2 is 1.76 bits per heavy atom. The van der Waals surface area contributed by atoms with Crippen LogP contribution in [0.4, 0.5) is 0 Å². The van der Waals surface area contributed by atoms with E-state index in [0.717, 1.165) is 24.4 Å². The van der Waals surface area contributed by atoms with Crippen LogP contribution in [0.1, 0.15) is 84.0 Å². The van der Waals surface area contributed by atoms with E-state index in [9.17, 15) is 0 Å². The van der Waals surface area contributed by atoms with Crippen molar-refractivity contribution in [3.05, 3.63) is 0 Å². The van der Waals surface area contributed by atoms with Crippen LogP contribution in [0, 0.1) is 17.8 Å². The van der Waals surface area contributed by atoms with E-state index in [0.29, 0.717) is 6.04 Å². The van der Waals surface area contributed by atoms with Gasteiger partial charge in [0.05, 0.1) is 5.60 Å². The van der Waals surface area contributed by atoms with Crippen molar-refractivity contribution in [3.63, 3.8) is 0 Å². The monoisotopic (exact) mass is 293 g/mol. The molecule has 1 spiro atoms. The van der Waals surface area contributed by atoms with Crippen molar-refractivity contribution in [1.82, 2.24) is 0 Å². The van der Waals surface area contributed by atoms with Crippen molar-refractivity contribution in [1.29, 1.82) is 0 Å². The summed E-state index contributed by atoms with van der Waals surface area (Å²) in [5, 5.41) is 0. The Hall–Kier alpha value is -0.0800. The topological polar surface area (TPSA) is 35.2 Å². The van der Waals surface area contributed by atoms with Gasteiger partial charge >= 0.3 is 0 Å². The van der Waals surface area contributed by atoms with Gasteiger partial charge in [0.15, 0.2) is 0 Å². The summed E-state index contributed by atoms with van der Waals surface area (Å²) in [5.41, 5.74) is 6.97. The predicted octanol–water partition coefficient (Wildman–Crippen LogP) is 4.66. The Balaban J connectivity index is 1.52.